The highest BCUT2D eigenvalue weighted by Gasteiger charge is 2.30. The van der Waals surface area contributed by atoms with Gasteiger partial charge < -0.3 is 10.3 Å². The molecule has 3 N–H and O–H groups in total. The topological polar surface area (TPSA) is 71.2 Å². The van der Waals surface area contributed by atoms with Crippen molar-refractivity contribution in [2.75, 3.05) is 24.3 Å². The van der Waals surface area contributed by atoms with Gasteiger partial charge >= 0.3 is 0 Å². The van der Waals surface area contributed by atoms with Crippen molar-refractivity contribution < 1.29 is 4.79 Å². The third kappa shape index (κ3) is 2.94. The number of hydrogen-bond donors (Lipinski definition) is 2. The number of nitrogen functional groups attached to an aromatic ring is 1. The van der Waals surface area contributed by atoms with Crippen LogP contribution in [-0.2, 0) is 0 Å². The molecule has 6 heteroatoms. The average molecular weight is 266 g/mol. The molecule has 0 saturated carbocycles. The zero-order chi connectivity index (χ0) is 13.2. The second kappa shape index (κ2) is 5.16. The lowest BCUT2D eigenvalue weighted by Gasteiger charge is -2.37. The van der Waals surface area contributed by atoms with Crippen LogP contribution in [0.15, 0.2) is 18.3 Å². The molecule has 1 fully saturated rings. The maximum atomic E-state index is 12.4. The number of amides is 1. The van der Waals surface area contributed by atoms with E-state index in [1.165, 1.54) is 0 Å². The predicted molar refractivity (Wildman–Crippen MR) is 74.5 cm³/mol. The summed E-state index contributed by atoms with van der Waals surface area (Å²) in [7, 11) is 0. The maximum Gasteiger partial charge on any atom is 0.254 e. The van der Waals surface area contributed by atoms with Crippen LogP contribution in [0.2, 0.25) is 0 Å². The van der Waals surface area contributed by atoms with Gasteiger partial charge in [0.25, 0.3) is 5.91 Å². The minimum atomic E-state index is 0.0438. The predicted octanol–water partition coefficient (Wildman–Crippen LogP) is 1.33. The highest BCUT2D eigenvalue weighted by molar-refractivity contribution is 8.00. The van der Waals surface area contributed by atoms with Crippen molar-refractivity contribution in [1.29, 1.82) is 0 Å². The van der Waals surface area contributed by atoms with Crippen LogP contribution in [0.1, 0.15) is 24.2 Å². The van der Waals surface area contributed by atoms with Crippen molar-refractivity contribution in [2.45, 2.75) is 18.6 Å². The molecule has 18 heavy (non-hydrogen) atoms. The largest absolute Gasteiger partial charge is 0.336 e. The zero-order valence-corrected chi connectivity index (χ0v) is 11.5. The summed E-state index contributed by atoms with van der Waals surface area (Å²) in [5.74, 6) is 6.83. The molecule has 1 amide bonds. The molecule has 1 saturated heterocycles. The van der Waals surface area contributed by atoms with Gasteiger partial charge in [-0.1, -0.05) is 0 Å². The Morgan fingerprint density at radius 1 is 1.61 bits per heavy atom. The molecule has 0 atom stereocenters. The lowest BCUT2D eigenvalue weighted by molar-refractivity contribution is 0.0748. The van der Waals surface area contributed by atoms with E-state index < -0.39 is 0 Å². The summed E-state index contributed by atoms with van der Waals surface area (Å²) in [5.41, 5.74) is 3.08. The van der Waals surface area contributed by atoms with Crippen LogP contribution in [0.5, 0.6) is 0 Å². The fourth-order valence-electron chi connectivity index (χ4n) is 2.01. The molecule has 2 heterocycles. The minimum absolute atomic E-state index is 0.0438. The molecule has 98 valence electrons. The quantitative estimate of drug-likeness (QED) is 0.624. The standard InChI is InChI=1S/C12H18N4OS/c1-12(2)8-16(5-6-18-12)11(17)9-3-4-14-10(7-9)15-13/h3-4,7H,5-6,8,13H2,1-2H3,(H,14,15). The van der Waals surface area contributed by atoms with Crippen LogP contribution in [0.4, 0.5) is 5.82 Å². The Bertz CT molecular complexity index is 449. The summed E-state index contributed by atoms with van der Waals surface area (Å²) in [4.78, 5) is 18.3. The monoisotopic (exact) mass is 266 g/mol. The van der Waals surface area contributed by atoms with E-state index in [4.69, 9.17) is 5.84 Å². The highest BCUT2D eigenvalue weighted by Crippen LogP contribution is 2.30. The number of aromatic nitrogens is 1. The number of nitrogens with zero attached hydrogens (tertiary/aromatic N) is 2. The molecule has 1 aromatic heterocycles. The van der Waals surface area contributed by atoms with Crippen LogP contribution in [0, 0.1) is 0 Å². The van der Waals surface area contributed by atoms with Crippen molar-refractivity contribution >= 4 is 23.5 Å². The van der Waals surface area contributed by atoms with E-state index in [1.807, 2.05) is 16.7 Å². The van der Waals surface area contributed by atoms with Crippen molar-refractivity contribution in [3.05, 3.63) is 23.9 Å². The number of anilines is 1. The van der Waals surface area contributed by atoms with Gasteiger partial charge in [0, 0.05) is 35.3 Å². The van der Waals surface area contributed by atoms with E-state index in [-0.39, 0.29) is 10.7 Å². The highest BCUT2D eigenvalue weighted by atomic mass is 32.2. The van der Waals surface area contributed by atoms with Crippen LogP contribution >= 0.6 is 11.8 Å². The van der Waals surface area contributed by atoms with Gasteiger partial charge in [-0.15, -0.1) is 0 Å². The molecule has 0 aliphatic carbocycles. The van der Waals surface area contributed by atoms with Gasteiger partial charge in [-0.2, -0.15) is 11.8 Å². The summed E-state index contributed by atoms with van der Waals surface area (Å²) in [6, 6.07) is 3.40. The lowest BCUT2D eigenvalue weighted by atomic mass is 10.1. The number of hydrogen-bond acceptors (Lipinski definition) is 5. The van der Waals surface area contributed by atoms with Gasteiger partial charge in [0.05, 0.1) is 0 Å². The van der Waals surface area contributed by atoms with Crippen LogP contribution in [0.25, 0.3) is 0 Å². The number of pyridine rings is 1. The van der Waals surface area contributed by atoms with Crippen molar-refractivity contribution in [3.63, 3.8) is 0 Å². The second-order valence-electron chi connectivity index (χ2n) is 4.91. The number of carbonyl (C=O) groups is 1. The first-order valence-corrected chi connectivity index (χ1v) is 6.86. The lowest BCUT2D eigenvalue weighted by Crippen LogP contribution is -2.46. The van der Waals surface area contributed by atoms with E-state index in [1.54, 1.807) is 18.3 Å². The normalized spacial score (nSPS) is 18.5. The van der Waals surface area contributed by atoms with E-state index in [2.05, 4.69) is 24.3 Å². The zero-order valence-electron chi connectivity index (χ0n) is 10.6. The Hall–Kier alpha value is -1.27. The van der Waals surface area contributed by atoms with E-state index in [9.17, 15) is 4.79 Å². The summed E-state index contributed by atoms with van der Waals surface area (Å²) >= 11 is 1.91. The molecule has 0 radical (unpaired) electrons. The Morgan fingerprint density at radius 3 is 3.06 bits per heavy atom. The first-order chi connectivity index (χ1) is 8.52. The summed E-state index contributed by atoms with van der Waals surface area (Å²) < 4.78 is 0.121. The fraction of sp³-hybridized carbons (Fsp3) is 0.500. The summed E-state index contributed by atoms with van der Waals surface area (Å²) in [6.07, 6.45) is 1.59. The van der Waals surface area contributed by atoms with Gasteiger partial charge in [0.1, 0.15) is 5.82 Å². The molecule has 1 aromatic rings. The third-order valence-corrected chi connectivity index (χ3v) is 4.16. The molecule has 0 aromatic carbocycles. The molecule has 1 aliphatic heterocycles. The molecular weight excluding hydrogens is 248 g/mol. The number of hydrazine groups is 1. The first-order valence-electron chi connectivity index (χ1n) is 5.88. The minimum Gasteiger partial charge on any atom is -0.336 e. The summed E-state index contributed by atoms with van der Waals surface area (Å²) in [5, 5.41) is 0. The number of nitrogens with two attached hydrogens (primary N) is 1. The smallest absolute Gasteiger partial charge is 0.254 e. The number of carbonyl (C=O) groups excluding carboxylic acids is 1. The number of nitrogens with one attached hydrogen (secondary N) is 1. The second-order valence-corrected chi connectivity index (χ2v) is 6.71. The van der Waals surface area contributed by atoms with Crippen molar-refractivity contribution in [3.8, 4) is 0 Å². The van der Waals surface area contributed by atoms with Crippen LogP contribution in [-0.4, -0.2) is 39.4 Å². The summed E-state index contributed by atoms with van der Waals surface area (Å²) in [6.45, 7) is 5.89. The molecule has 0 unspecified atom stereocenters. The third-order valence-electron chi connectivity index (χ3n) is 2.87. The maximum absolute atomic E-state index is 12.4. The van der Waals surface area contributed by atoms with Crippen LogP contribution < -0.4 is 11.3 Å². The molecule has 1 aliphatic rings. The first kappa shape index (κ1) is 13.2. The molecular formula is C12H18N4OS. The van der Waals surface area contributed by atoms with Gasteiger partial charge in [-0.05, 0) is 26.0 Å². The Labute approximate surface area is 111 Å². The molecule has 0 spiro atoms. The SMILES string of the molecule is CC1(C)CN(C(=O)c2ccnc(NN)c2)CCS1. The molecule has 5 nitrogen and oxygen atoms in total. The Kier molecular flexibility index (Phi) is 3.77. The van der Waals surface area contributed by atoms with Gasteiger partial charge in [0.15, 0.2) is 0 Å². The van der Waals surface area contributed by atoms with E-state index in [0.717, 1.165) is 18.8 Å². The Morgan fingerprint density at radius 2 is 2.39 bits per heavy atom. The van der Waals surface area contributed by atoms with Crippen molar-refractivity contribution in [2.24, 2.45) is 5.84 Å². The van der Waals surface area contributed by atoms with Crippen LogP contribution in [0.3, 0.4) is 0 Å². The average Bonchev–Trinajstić information content (AvgIpc) is 2.37. The van der Waals surface area contributed by atoms with Gasteiger partial charge in [-0.3, -0.25) is 4.79 Å². The van der Waals surface area contributed by atoms with E-state index in [0.29, 0.717) is 11.4 Å². The molecule has 2 rings (SSSR count). The number of rotatable bonds is 2. The van der Waals surface area contributed by atoms with Crippen molar-refractivity contribution in [1.82, 2.24) is 9.88 Å². The van der Waals surface area contributed by atoms with Gasteiger partial charge in [-0.25, -0.2) is 10.8 Å². The van der Waals surface area contributed by atoms with E-state index >= 15 is 0 Å². The Balaban J connectivity index is 2.15. The molecule has 0 bridgehead atoms. The fourth-order valence-corrected chi connectivity index (χ4v) is 3.13. The van der Waals surface area contributed by atoms with Gasteiger partial charge in [0.2, 0.25) is 0 Å². The number of thioether (sulfide) groups is 1.